The number of carbonyl (C=O) groups excluding carboxylic acids is 2. The minimum Gasteiger partial charge on any atom is -0.461 e. The van der Waals surface area contributed by atoms with Gasteiger partial charge >= 0.3 is 5.97 Å². The number of alkyl halides is 1. The predicted molar refractivity (Wildman–Crippen MR) is 76.5 cm³/mol. The molecule has 112 valence electrons. The lowest BCUT2D eigenvalue weighted by Gasteiger charge is -2.64. The number of ketones is 1. The van der Waals surface area contributed by atoms with Gasteiger partial charge < -0.3 is 4.74 Å². The van der Waals surface area contributed by atoms with Crippen molar-refractivity contribution in [1.82, 2.24) is 0 Å². The van der Waals surface area contributed by atoms with Gasteiger partial charge in [0.2, 0.25) is 0 Å². The summed E-state index contributed by atoms with van der Waals surface area (Å²) in [6.07, 6.45) is 4.05. The first-order valence-electron chi connectivity index (χ1n) is 7.57. The SMILES string of the molecule is CC1(C)C[C@@]23C(=O)CC[C@H](OC(=O)CCl)[C@]2(C)CC[C@@H]13. The van der Waals surface area contributed by atoms with Gasteiger partial charge in [0.15, 0.2) is 0 Å². The first-order valence-corrected chi connectivity index (χ1v) is 8.10. The first-order chi connectivity index (χ1) is 9.28. The Kier molecular flexibility index (Phi) is 3.03. The molecule has 0 saturated heterocycles. The molecule has 0 aromatic carbocycles. The second-order valence-corrected chi connectivity index (χ2v) is 7.99. The monoisotopic (exact) mass is 298 g/mol. The lowest BCUT2D eigenvalue weighted by molar-refractivity contribution is -0.207. The summed E-state index contributed by atoms with van der Waals surface area (Å²) in [6, 6.07) is 0. The van der Waals surface area contributed by atoms with E-state index in [4.69, 9.17) is 16.3 Å². The topological polar surface area (TPSA) is 43.4 Å². The molecular formula is C16H23ClO3. The number of hydrogen-bond donors (Lipinski definition) is 0. The maximum atomic E-state index is 12.7. The molecule has 0 heterocycles. The number of carbonyl (C=O) groups is 2. The number of ether oxygens (including phenoxy) is 1. The zero-order chi connectivity index (χ0) is 14.8. The van der Waals surface area contributed by atoms with E-state index in [1.807, 2.05) is 0 Å². The van der Waals surface area contributed by atoms with Crippen LogP contribution in [-0.4, -0.2) is 23.7 Å². The van der Waals surface area contributed by atoms with Gasteiger partial charge in [0, 0.05) is 17.3 Å². The van der Waals surface area contributed by atoms with E-state index in [1.54, 1.807) is 0 Å². The Labute approximate surface area is 125 Å². The molecule has 0 bridgehead atoms. The average molecular weight is 299 g/mol. The summed E-state index contributed by atoms with van der Waals surface area (Å²) in [5.74, 6) is 0.386. The molecule has 0 aromatic heterocycles. The Balaban J connectivity index is 1.94. The molecule has 4 atom stereocenters. The molecule has 3 aliphatic carbocycles. The van der Waals surface area contributed by atoms with Crippen molar-refractivity contribution >= 4 is 23.4 Å². The number of esters is 1. The van der Waals surface area contributed by atoms with Gasteiger partial charge in [-0.1, -0.05) is 20.8 Å². The molecule has 3 aliphatic rings. The molecule has 0 aromatic rings. The Morgan fingerprint density at radius 1 is 1.35 bits per heavy atom. The van der Waals surface area contributed by atoms with E-state index in [0.717, 1.165) is 19.3 Å². The van der Waals surface area contributed by atoms with Crippen LogP contribution in [0.1, 0.15) is 52.9 Å². The van der Waals surface area contributed by atoms with E-state index in [2.05, 4.69) is 20.8 Å². The van der Waals surface area contributed by atoms with Crippen molar-refractivity contribution in [3.8, 4) is 0 Å². The van der Waals surface area contributed by atoms with Crippen molar-refractivity contribution in [3.63, 3.8) is 0 Å². The van der Waals surface area contributed by atoms with Gasteiger partial charge in [-0.3, -0.25) is 9.59 Å². The highest BCUT2D eigenvalue weighted by Gasteiger charge is 2.75. The minimum atomic E-state index is -0.357. The zero-order valence-corrected chi connectivity index (χ0v) is 13.3. The van der Waals surface area contributed by atoms with Gasteiger partial charge in [-0.2, -0.15) is 0 Å². The van der Waals surface area contributed by atoms with Gasteiger partial charge in [0.05, 0.1) is 0 Å². The summed E-state index contributed by atoms with van der Waals surface area (Å²) in [5, 5.41) is 0. The van der Waals surface area contributed by atoms with Crippen LogP contribution in [0.3, 0.4) is 0 Å². The number of Topliss-reactive ketones (excluding diaryl/α,β-unsaturated/α-hetero) is 1. The van der Waals surface area contributed by atoms with Crippen LogP contribution in [0.15, 0.2) is 0 Å². The maximum absolute atomic E-state index is 12.7. The quantitative estimate of drug-likeness (QED) is 0.580. The van der Waals surface area contributed by atoms with Crippen LogP contribution >= 0.6 is 11.6 Å². The molecule has 3 fully saturated rings. The molecule has 0 radical (unpaired) electrons. The van der Waals surface area contributed by atoms with Crippen molar-refractivity contribution in [2.75, 3.05) is 5.88 Å². The summed E-state index contributed by atoms with van der Waals surface area (Å²) in [5.41, 5.74) is -0.192. The summed E-state index contributed by atoms with van der Waals surface area (Å²) < 4.78 is 5.60. The van der Waals surface area contributed by atoms with Crippen molar-refractivity contribution in [3.05, 3.63) is 0 Å². The Morgan fingerprint density at radius 2 is 2.05 bits per heavy atom. The Bertz CT molecular complexity index is 472. The third-order valence-corrected chi connectivity index (χ3v) is 6.69. The van der Waals surface area contributed by atoms with Crippen molar-refractivity contribution in [1.29, 1.82) is 0 Å². The number of hydrogen-bond acceptors (Lipinski definition) is 3. The number of rotatable bonds is 2. The molecule has 0 N–H and O–H groups in total. The highest BCUT2D eigenvalue weighted by Crippen LogP contribution is 2.76. The van der Waals surface area contributed by atoms with E-state index < -0.39 is 0 Å². The van der Waals surface area contributed by atoms with Crippen molar-refractivity contribution in [2.24, 2.45) is 22.2 Å². The molecule has 3 rings (SSSR count). The van der Waals surface area contributed by atoms with Crippen LogP contribution in [0.5, 0.6) is 0 Å². The largest absolute Gasteiger partial charge is 0.461 e. The molecule has 3 nitrogen and oxygen atoms in total. The maximum Gasteiger partial charge on any atom is 0.321 e. The second kappa shape index (κ2) is 4.22. The van der Waals surface area contributed by atoms with E-state index in [1.165, 1.54) is 0 Å². The van der Waals surface area contributed by atoms with E-state index in [0.29, 0.717) is 24.5 Å². The number of halogens is 1. The van der Waals surface area contributed by atoms with Crippen molar-refractivity contribution in [2.45, 2.75) is 59.0 Å². The van der Waals surface area contributed by atoms with Crippen molar-refractivity contribution < 1.29 is 14.3 Å². The lowest BCUT2D eigenvalue weighted by Crippen LogP contribution is -2.66. The lowest BCUT2D eigenvalue weighted by atomic mass is 9.38. The predicted octanol–water partition coefficient (Wildman–Crippen LogP) is 3.33. The van der Waals surface area contributed by atoms with Crippen LogP contribution < -0.4 is 0 Å². The van der Waals surface area contributed by atoms with E-state index >= 15 is 0 Å². The smallest absolute Gasteiger partial charge is 0.321 e. The van der Waals surface area contributed by atoms with Crippen LogP contribution in [-0.2, 0) is 14.3 Å². The molecule has 20 heavy (non-hydrogen) atoms. The van der Waals surface area contributed by atoms with Gasteiger partial charge in [-0.15, -0.1) is 11.6 Å². The molecule has 3 saturated carbocycles. The van der Waals surface area contributed by atoms with Gasteiger partial charge in [-0.05, 0) is 37.0 Å². The molecule has 4 heteroatoms. The van der Waals surface area contributed by atoms with Gasteiger partial charge in [0.1, 0.15) is 17.8 Å². The summed E-state index contributed by atoms with van der Waals surface area (Å²) in [4.78, 5) is 24.3. The molecular weight excluding hydrogens is 276 g/mol. The Hall–Kier alpha value is -0.570. The van der Waals surface area contributed by atoms with Gasteiger partial charge in [0.25, 0.3) is 0 Å². The third kappa shape index (κ3) is 1.53. The normalized spacial score (nSPS) is 45.3. The zero-order valence-electron chi connectivity index (χ0n) is 12.5. The summed E-state index contributed by atoms with van der Waals surface area (Å²) >= 11 is 5.57. The highest BCUT2D eigenvalue weighted by atomic mass is 35.5. The highest BCUT2D eigenvalue weighted by molar-refractivity contribution is 6.26. The van der Waals surface area contributed by atoms with Gasteiger partial charge in [-0.25, -0.2) is 0 Å². The summed E-state index contributed by atoms with van der Waals surface area (Å²) in [6.45, 7) is 6.68. The van der Waals surface area contributed by atoms with Crippen LogP contribution in [0, 0.1) is 22.2 Å². The minimum absolute atomic E-state index is 0.109. The second-order valence-electron chi connectivity index (χ2n) is 7.72. The van der Waals surface area contributed by atoms with E-state index in [9.17, 15) is 9.59 Å². The molecule has 0 amide bonds. The fraction of sp³-hybridized carbons (Fsp3) is 0.875. The van der Waals surface area contributed by atoms with Crippen LogP contribution in [0.2, 0.25) is 0 Å². The fourth-order valence-corrected chi connectivity index (χ4v) is 5.71. The molecule has 1 spiro atoms. The van der Waals surface area contributed by atoms with Crippen LogP contribution in [0.4, 0.5) is 0 Å². The molecule has 0 unspecified atom stereocenters. The standard InChI is InChI=1S/C16H23ClO3/c1-14(2)9-16-10(14)6-7-15(16,3)12(5-4-11(16)18)20-13(19)8-17/h10,12H,4-9H2,1-3H3/t10-,12-,15-,16+/m0/s1. The fourth-order valence-electron chi connectivity index (χ4n) is 5.65. The molecule has 0 aliphatic heterocycles. The van der Waals surface area contributed by atoms with Crippen LogP contribution in [0.25, 0.3) is 0 Å². The first kappa shape index (κ1) is 14.4. The van der Waals surface area contributed by atoms with E-state index in [-0.39, 0.29) is 34.2 Å². The Morgan fingerprint density at radius 3 is 2.65 bits per heavy atom. The summed E-state index contributed by atoms with van der Waals surface area (Å²) in [7, 11) is 0. The average Bonchev–Trinajstić information content (AvgIpc) is 2.64. The third-order valence-electron chi connectivity index (χ3n) is 6.47.